The van der Waals surface area contributed by atoms with Crippen molar-refractivity contribution < 1.29 is 9.47 Å². The predicted octanol–water partition coefficient (Wildman–Crippen LogP) is 0.442. The lowest BCUT2D eigenvalue weighted by atomic mass is 10.2. The summed E-state index contributed by atoms with van der Waals surface area (Å²) in [5.41, 5.74) is 1.32. The summed E-state index contributed by atoms with van der Waals surface area (Å²) in [7, 11) is 1.56. The molecule has 1 fully saturated rings. The minimum absolute atomic E-state index is 0.0174. The fourth-order valence-electron chi connectivity index (χ4n) is 2.14. The van der Waals surface area contributed by atoms with Crippen LogP contribution in [-0.4, -0.2) is 39.1 Å². The molecule has 7 heteroatoms. The van der Waals surface area contributed by atoms with E-state index in [4.69, 9.17) is 9.47 Å². The van der Waals surface area contributed by atoms with E-state index in [1.807, 2.05) is 25.1 Å². The quantitative estimate of drug-likeness (QED) is 0.813. The van der Waals surface area contributed by atoms with Crippen LogP contribution in [0.2, 0.25) is 0 Å². The topological polar surface area (TPSA) is 71.2 Å². The van der Waals surface area contributed by atoms with E-state index < -0.39 is 0 Å². The largest absolute Gasteiger partial charge is 0.486 e. The van der Waals surface area contributed by atoms with E-state index in [2.05, 4.69) is 10.4 Å². The van der Waals surface area contributed by atoms with E-state index >= 15 is 0 Å². The van der Waals surface area contributed by atoms with Crippen LogP contribution in [-0.2, 0) is 11.8 Å². The minimum Gasteiger partial charge on any atom is -0.486 e. The first-order valence-electron chi connectivity index (χ1n) is 6.49. The van der Waals surface area contributed by atoms with Gasteiger partial charge in [0.25, 0.3) is 0 Å². The van der Waals surface area contributed by atoms with Crippen LogP contribution >= 0.6 is 0 Å². The lowest BCUT2D eigenvalue weighted by Crippen LogP contribution is -2.24. The van der Waals surface area contributed by atoms with Crippen LogP contribution in [0.1, 0.15) is 12.0 Å². The fraction of sp³-hybridized carbons (Fsp3) is 0.462. The number of tetrazole rings is 1. The average Bonchev–Trinajstić information content (AvgIpc) is 3.04. The van der Waals surface area contributed by atoms with Gasteiger partial charge in [-0.15, -0.1) is 0 Å². The highest BCUT2D eigenvalue weighted by molar-refractivity contribution is 5.48. The Balaban J connectivity index is 2.01. The lowest BCUT2D eigenvalue weighted by Gasteiger charge is -2.15. The molecule has 20 heavy (non-hydrogen) atoms. The molecule has 0 spiro atoms. The molecule has 1 aliphatic rings. The van der Waals surface area contributed by atoms with Crippen molar-refractivity contribution in [2.24, 2.45) is 7.05 Å². The summed E-state index contributed by atoms with van der Waals surface area (Å²) < 4.78 is 13.7. The Hall–Kier alpha value is -2.15. The fourth-order valence-corrected chi connectivity index (χ4v) is 2.14. The highest BCUT2D eigenvalue weighted by Crippen LogP contribution is 2.25. The zero-order chi connectivity index (χ0) is 14.1. The van der Waals surface area contributed by atoms with Crippen molar-refractivity contribution in [2.45, 2.75) is 19.4 Å². The van der Waals surface area contributed by atoms with Crippen molar-refractivity contribution in [3.63, 3.8) is 0 Å². The molecule has 106 valence electrons. The maximum Gasteiger partial charge on any atom is 0.368 e. The van der Waals surface area contributed by atoms with Crippen LogP contribution in [0.25, 0.3) is 5.69 Å². The van der Waals surface area contributed by atoms with Gasteiger partial charge in [-0.2, -0.15) is 9.36 Å². The van der Waals surface area contributed by atoms with Gasteiger partial charge in [0.1, 0.15) is 17.5 Å². The van der Waals surface area contributed by atoms with Gasteiger partial charge in [0.05, 0.1) is 13.2 Å². The van der Waals surface area contributed by atoms with Gasteiger partial charge in [0.2, 0.25) is 0 Å². The molecule has 1 saturated heterocycles. The van der Waals surface area contributed by atoms with Crippen LogP contribution < -0.4 is 10.4 Å². The highest BCUT2D eigenvalue weighted by Gasteiger charge is 2.20. The van der Waals surface area contributed by atoms with E-state index in [0.717, 1.165) is 12.0 Å². The molecule has 7 nitrogen and oxygen atoms in total. The Morgan fingerprint density at radius 2 is 2.25 bits per heavy atom. The number of aryl methyl sites for hydroxylation is 2. The van der Waals surface area contributed by atoms with E-state index in [1.165, 1.54) is 9.36 Å². The van der Waals surface area contributed by atoms with E-state index in [0.29, 0.717) is 24.7 Å². The number of aromatic nitrogens is 4. The van der Waals surface area contributed by atoms with E-state index in [9.17, 15) is 4.79 Å². The molecule has 2 aromatic rings. The zero-order valence-electron chi connectivity index (χ0n) is 11.4. The third-order valence-corrected chi connectivity index (χ3v) is 3.25. The second-order valence-electron chi connectivity index (χ2n) is 4.87. The van der Waals surface area contributed by atoms with Crippen molar-refractivity contribution >= 4 is 0 Å². The van der Waals surface area contributed by atoms with Crippen LogP contribution in [0, 0.1) is 6.92 Å². The summed E-state index contributed by atoms with van der Waals surface area (Å²) in [6.07, 6.45) is 0.867. The zero-order valence-corrected chi connectivity index (χ0v) is 11.4. The number of hydrogen-bond donors (Lipinski definition) is 0. The molecule has 1 aromatic heterocycles. The molecule has 1 aromatic carbocycles. The van der Waals surface area contributed by atoms with Gasteiger partial charge in [0.15, 0.2) is 0 Å². The SMILES string of the molecule is Cc1ccc(O[C@H]2CCOC2)c(-n2nnn(C)c2=O)c1. The Labute approximate surface area is 115 Å². The van der Waals surface area contributed by atoms with Crippen LogP contribution in [0.3, 0.4) is 0 Å². The summed E-state index contributed by atoms with van der Waals surface area (Å²) >= 11 is 0. The smallest absolute Gasteiger partial charge is 0.368 e. The maximum atomic E-state index is 12.0. The Kier molecular flexibility index (Phi) is 3.27. The molecule has 0 unspecified atom stereocenters. The van der Waals surface area contributed by atoms with Gasteiger partial charge in [-0.1, -0.05) is 6.07 Å². The molecule has 0 bridgehead atoms. The molecule has 0 aliphatic carbocycles. The molecular weight excluding hydrogens is 260 g/mol. The second kappa shape index (κ2) is 5.09. The summed E-state index contributed by atoms with van der Waals surface area (Å²) in [6.45, 7) is 3.23. The molecule has 1 aliphatic heterocycles. The second-order valence-corrected chi connectivity index (χ2v) is 4.87. The van der Waals surface area contributed by atoms with Crippen molar-refractivity contribution in [2.75, 3.05) is 13.2 Å². The maximum absolute atomic E-state index is 12.0. The van der Waals surface area contributed by atoms with Crippen molar-refractivity contribution in [3.8, 4) is 11.4 Å². The molecule has 0 radical (unpaired) electrons. The summed E-state index contributed by atoms with van der Waals surface area (Å²) in [4.78, 5) is 12.0. The Morgan fingerprint density at radius 1 is 1.40 bits per heavy atom. The number of hydrogen-bond acceptors (Lipinski definition) is 5. The average molecular weight is 276 g/mol. The van der Waals surface area contributed by atoms with Gasteiger partial charge >= 0.3 is 5.69 Å². The first kappa shape index (κ1) is 12.9. The summed E-state index contributed by atoms with van der Waals surface area (Å²) in [5.74, 6) is 0.619. The van der Waals surface area contributed by atoms with Crippen LogP contribution in [0.15, 0.2) is 23.0 Å². The van der Waals surface area contributed by atoms with Crippen molar-refractivity contribution in [3.05, 3.63) is 34.2 Å². The number of ether oxygens (including phenoxy) is 2. The number of benzene rings is 1. The predicted molar refractivity (Wildman–Crippen MR) is 71.2 cm³/mol. The normalized spacial score (nSPS) is 18.4. The highest BCUT2D eigenvalue weighted by atomic mass is 16.5. The van der Waals surface area contributed by atoms with Crippen molar-refractivity contribution in [1.29, 1.82) is 0 Å². The van der Waals surface area contributed by atoms with Crippen LogP contribution in [0.5, 0.6) is 5.75 Å². The molecular formula is C13H16N4O3. The molecule has 1 atom stereocenters. The molecule has 3 rings (SSSR count). The van der Waals surface area contributed by atoms with Gasteiger partial charge in [0, 0.05) is 13.5 Å². The van der Waals surface area contributed by atoms with E-state index in [1.54, 1.807) is 7.05 Å². The van der Waals surface area contributed by atoms with Crippen molar-refractivity contribution in [1.82, 2.24) is 19.8 Å². The molecule has 0 N–H and O–H groups in total. The molecule has 0 saturated carbocycles. The molecule has 2 heterocycles. The monoisotopic (exact) mass is 276 g/mol. The summed E-state index contributed by atoms with van der Waals surface area (Å²) in [5, 5.41) is 7.60. The third-order valence-electron chi connectivity index (χ3n) is 3.25. The third kappa shape index (κ3) is 2.32. The standard InChI is InChI=1S/C13H16N4O3/c1-9-3-4-12(20-10-5-6-19-8-10)11(7-9)17-13(18)16(2)14-15-17/h3-4,7,10H,5-6,8H2,1-2H3/t10-/m0/s1. The minimum atomic E-state index is -0.303. The Morgan fingerprint density at radius 3 is 2.90 bits per heavy atom. The Bertz CT molecular complexity index is 670. The first-order chi connectivity index (χ1) is 9.65. The van der Waals surface area contributed by atoms with Gasteiger partial charge in [-0.3, -0.25) is 0 Å². The first-order valence-corrected chi connectivity index (χ1v) is 6.49. The summed E-state index contributed by atoms with van der Waals surface area (Å²) in [6, 6.07) is 5.65. The van der Waals surface area contributed by atoms with Gasteiger partial charge in [-0.05, 0) is 35.0 Å². The lowest BCUT2D eigenvalue weighted by molar-refractivity contribution is 0.141. The van der Waals surface area contributed by atoms with Gasteiger partial charge < -0.3 is 9.47 Å². The van der Waals surface area contributed by atoms with E-state index in [-0.39, 0.29) is 11.8 Å². The van der Waals surface area contributed by atoms with Gasteiger partial charge in [-0.25, -0.2) is 4.79 Å². The van der Waals surface area contributed by atoms with Crippen LogP contribution in [0.4, 0.5) is 0 Å². The number of rotatable bonds is 3. The molecule has 0 amide bonds. The number of nitrogens with zero attached hydrogens (tertiary/aromatic N) is 4.